The van der Waals surface area contributed by atoms with Crippen LogP contribution in [0.5, 0.6) is 11.5 Å². The van der Waals surface area contributed by atoms with Gasteiger partial charge in [-0.2, -0.15) is 0 Å². The fourth-order valence-electron chi connectivity index (χ4n) is 4.91. The number of benzene rings is 2. The largest absolute Gasteiger partial charge is 0.457 e. The van der Waals surface area contributed by atoms with Crippen LogP contribution in [0.4, 0.5) is 5.82 Å². The van der Waals surface area contributed by atoms with Crippen molar-refractivity contribution >= 4 is 23.2 Å². The molecule has 2 aromatic carbocycles. The number of pyridine rings is 1. The van der Waals surface area contributed by atoms with Gasteiger partial charge >= 0.3 is 0 Å². The summed E-state index contributed by atoms with van der Waals surface area (Å²) in [7, 11) is 0. The van der Waals surface area contributed by atoms with Crippen LogP contribution in [-0.4, -0.2) is 22.4 Å². The topological polar surface area (TPSA) is 80.6 Å². The molecule has 1 aliphatic heterocycles. The Morgan fingerprint density at radius 3 is 2.57 bits per heavy atom. The summed E-state index contributed by atoms with van der Waals surface area (Å²) in [5.74, 6) is 0.613. The molecule has 1 aromatic heterocycles. The van der Waals surface area contributed by atoms with Gasteiger partial charge in [-0.15, -0.1) is 0 Å². The molecule has 2 atom stereocenters. The Morgan fingerprint density at radius 2 is 1.77 bits per heavy atom. The van der Waals surface area contributed by atoms with E-state index < -0.39 is 11.8 Å². The molecule has 0 spiro atoms. The summed E-state index contributed by atoms with van der Waals surface area (Å²) in [6, 6.07) is 20.9. The Balaban J connectivity index is 1.55. The van der Waals surface area contributed by atoms with Gasteiger partial charge in [0.05, 0.1) is 5.92 Å². The van der Waals surface area contributed by atoms with Crippen molar-refractivity contribution in [1.29, 1.82) is 0 Å². The Bertz CT molecular complexity index is 1340. The SMILES string of the molecule is CC1=NC2=C(C(=O)CCC2)[C@@H](c2cccc(Oc3ccccc3)c2)C1C(=O)Nc1cc(C)ccn1. The quantitative estimate of drug-likeness (QED) is 0.501. The second-order valence-electron chi connectivity index (χ2n) is 9.04. The monoisotopic (exact) mass is 465 g/mol. The average Bonchev–Trinajstić information content (AvgIpc) is 2.84. The molecule has 0 fully saturated rings. The number of anilines is 1. The van der Waals surface area contributed by atoms with Crippen LogP contribution in [0.3, 0.4) is 0 Å². The zero-order chi connectivity index (χ0) is 24.4. The van der Waals surface area contributed by atoms with Gasteiger partial charge in [0.25, 0.3) is 0 Å². The Kier molecular flexibility index (Phi) is 6.27. The molecule has 176 valence electrons. The molecule has 3 aromatic rings. The van der Waals surface area contributed by atoms with Gasteiger partial charge in [0, 0.05) is 35.5 Å². The molecule has 0 saturated heterocycles. The minimum Gasteiger partial charge on any atom is -0.457 e. The molecule has 0 bridgehead atoms. The van der Waals surface area contributed by atoms with E-state index in [4.69, 9.17) is 9.73 Å². The van der Waals surface area contributed by atoms with Crippen molar-refractivity contribution < 1.29 is 14.3 Å². The number of rotatable bonds is 5. The number of aliphatic imine (C=N–C) groups is 1. The number of nitrogens with one attached hydrogen (secondary N) is 1. The van der Waals surface area contributed by atoms with Crippen LogP contribution < -0.4 is 10.1 Å². The number of aryl methyl sites for hydroxylation is 1. The highest BCUT2D eigenvalue weighted by Crippen LogP contribution is 2.44. The highest BCUT2D eigenvalue weighted by atomic mass is 16.5. The maximum Gasteiger partial charge on any atom is 0.235 e. The number of amides is 1. The van der Waals surface area contributed by atoms with Crippen molar-refractivity contribution in [2.75, 3.05) is 5.32 Å². The molecular formula is C29H27N3O3. The third-order valence-corrected chi connectivity index (χ3v) is 6.48. The smallest absolute Gasteiger partial charge is 0.235 e. The van der Waals surface area contributed by atoms with Gasteiger partial charge < -0.3 is 10.1 Å². The number of ketones is 1. The first-order chi connectivity index (χ1) is 17.0. The van der Waals surface area contributed by atoms with Crippen LogP contribution in [0.2, 0.25) is 0 Å². The van der Waals surface area contributed by atoms with Crippen LogP contribution in [0, 0.1) is 12.8 Å². The number of allylic oxidation sites excluding steroid dienone is 2. The molecule has 2 heterocycles. The predicted octanol–water partition coefficient (Wildman–Crippen LogP) is 6.00. The fourth-order valence-corrected chi connectivity index (χ4v) is 4.91. The summed E-state index contributed by atoms with van der Waals surface area (Å²) in [5.41, 5.74) is 4.00. The van der Waals surface area contributed by atoms with Crippen molar-refractivity contribution in [3.63, 3.8) is 0 Å². The highest BCUT2D eigenvalue weighted by molar-refractivity contribution is 6.13. The summed E-state index contributed by atoms with van der Waals surface area (Å²) in [6.45, 7) is 3.82. The second-order valence-corrected chi connectivity index (χ2v) is 9.04. The number of para-hydroxylation sites is 1. The van der Waals surface area contributed by atoms with E-state index in [0.717, 1.165) is 35.4 Å². The Hall–Kier alpha value is -4.06. The fraction of sp³-hybridized carbons (Fsp3) is 0.241. The van der Waals surface area contributed by atoms with E-state index in [0.29, 0.717) is 29.3 Å². The maximum atomic E-state index is 13.6. The summed E-state index contributed by atoms with van der Waals surface area (Å²) in [4.78, 5) is 35.8. The third kappa shape index (κ3) is 4.78. The molecule has 6 nitrogen and oxygen atoms in total. The minimum absolute atomic E-state index is 0.0633. The van der Waals surface area contributed by atoms with Crippen LogP contribution in [-0.2, 0) is 9.59 Å². The van der Waals surface area contributed by atoms with Gasteiger partial charge in [-0.1, -0.05) is 30.3 Å². The maximum absolute atomic E-state index is 13.6. The van der Waals surface area contributed by atoms with Crippen molar-refractivity contribution in [1.82, 2.24) is 4.98 Å². The molecule has 1 N–H and O–H groups in total. The van der Waals surface area contributed by atoms with Gasteiger partial charge in [-0.05, 0) is 74.2 Å². The number of Topliss-reactive ketones (excluding diaryl/α,β-unsaturated/α-hetero) is 1. The number of aromatic nitrogens is 1. The lowest BCUT2D eigenvalue weighted by Crippen LogP contribution is -2.39. The molecular weight excluding hydrogens is 438 g/mol. The zero-order valence-corrected chi connectivity index (χ0v) is 19.8. The lowest BCUT2D eigenvalue weighted by atomic mass is 9.71. The molecule has 0 saturated carbocycles. The van der Waals surface area contributed by atoms with E-state index in [9.17, 15) is 9.59 Å². The van der Waals surface area contributed by atoms with E-state index in [1.807, 2.05) is 80.6 Å². The van der Waals surface area contributed by atoms with Crippen molar-refractivity contribution in [3.05, 3.63) is 95.3 Å². The molecule has 6 heteroatoms. The number of carbonyl (C=O) groups excluding carboxylic acids is 2. The summed E-state index contributed by atoms with van der Waals surface area (Å²) in [6.07, 6.45) is 3.66. The summed E-state index contributed by atoms with van der Waals surface area (Å²) < 4.78 is 6.06. The molecule has 5 rings (SSSR count). The first-order valence-electron chi connectivity index (χ1n) is 11.9. The van der Waals surface area contributed by atoms with Gasteiger partial charge in [0.15, 0.2) is 5.78 Å². The van der Waals surface area contributed by atoms with Crippen molar-refractivity contribution in [3.8, 4) is 11.5 Å². The lowest BCUT2D eigenvalue weighted by Gasteiger charge is -2.35. The number of hydrogen-bond donors (Lipinski definition) is 1. The molecule has 1 unspecified atom stereocenters. The lowest BCUT2D eigenvalue weighted by molar-refractivity contribution is -0.119. The first kappa shape index (κ1) is 22.7. The molecule has 1 amide bonds. The van der Waals surface area contributed by atoms with E-state index in [2.05, 4.69) is 10.3 Å². The predicted molar refractivity (Wildman–Crippen MR) is 136 cm³/mol. The van der Waals surface area contributed by atoms with E-state index in [-0.39, 0.29) is 11.7 Å². The average molecular weight is 466 g/mol. The van der Waals surface area contributed by atoms with Crippen LogP contribution in [0.15, 0.2) is 89.2 Å². The van der Waals surface area contributed by atoms with Crippen LogP contribution in [0.25, 0.3) is 0 Å². The number of hydrogen-bond acceptors (Lipinski definition) is 5. The zero-order valence-electron chi connectivity index (χ0n) is 19.8. The molecule has 1 aliphatic carbocycles. The molecule has 0 radical (unpaired) electrons. The number of ether oxygens (including phenoxy) is 1. The summed E-state index contributed by atoms with van der Waals surface area (Å²) in [5, 5.41) is 2.95. The summed E-state index contributed by atoms with van der Waals surface area (Å²) >= 11 is 0. The van der Waals surface area contributed by atoms with Gasteiger partial charge in [-0.25, -0.2) is 4.98 Å². The Morgan fingerprint density at radius 1 is 0.971 bits per heavy atom. The normalized spacial score (nSPS) is 19.6. The van der Waals surface area contributed by atoms with Gasteiger partial charge in [0.2, 0.25) is 5.91 Å². The standard InChI is InChI=1S/C29H27N3O3/c1-18-14-15-30-25(16-18)32-29(34)26-19(2)31-23-12-7-13-24(33)28(23)27(26)20-8-6-11-22(17-20)35-21-9-4-3-5-10-21/h3-6,8-11,14-17,26-27H,7,12-13H2,1-2H3,(H,30,32,34)/t26?,27-/m0/s1. The van der Waals surface area contributed by atoms with E-state index in [1.165, 1.54) is 0 Å². The van der Waals surface area contributed by atoms with Gasteiger partial charge in [0.1, 0.15) is 17.3 Å². The minimum atomic E-state index is -0.634. The molecule has 35 heavy (non-hydrogen) atoms. The van der Waals surface area contributed by atoms with Crippen LogP contribution >= 0.6 is 0 Å². The third-order valence-electron chi connectivity index (χ3n) is 6.48. The highest BCUT2D eigenvalue weighted by Gasteiger charge is 2.42. The van der Waals surface area contributed by atoms with Crippen LogP contribution in [0.1, 0.15) is 43.2 Å². The first-order valence-corrected chi connectivity index (χ1v) is 11.9. The number of carbonyl (C=O) groups is 2. The number of nitrogens with zero attached hydrogens (tertiary/aromatic N) is 2. The van der Waals surface area contributed by atoms with Crippen molar-refractivity contribution in [2.24, 2.45) is 10.9 Å². The van der Waals surface area contributed by atoms with E-state index in [1.54, 1.807) is 6.20 Å². The second kappa shape index (κ2) is 9.66. The molecule has 2 aliphatic rings. The van der Waals surface area contributed by atoms with Crippen molar-refractivity contribution in [2.45, 2.75) is 39.0 Å². The van der Waals surface area contributed by atoms with E-state index >= 15 is 0 Å². The van der Waals surface area contributed by atoms with Gasteiger partial charge in [-0.3, -0.25) is 14.6 Å². The Labute approximate surface area is 204 Å².